The molecule has 0 radical (unpaired) electrons. The summed E-state index contributed by atoms with van der Waals surface area (Å²) in [6, 6.07) is 8.03. The van der Waals surface area contributed by atoms with E-state index in [9.17, 15) is 8.78 Å². The van der Waals surface area contributed by atoms with Crippen LogP contribution in [-0.2, 0) is 0 Å². The third kappa shape index (κ3) is 3.34. The molecule has 0 spiro atoms. The van der Waals surface area contributed by atoms with Crippen molar-refractivity contribution in [3.05, 3.63) is 64.2 Å². The Labute approximate surface area is 127 Å². The second kappa shape index (κ2) is 6.87. The summed E-state index contributed by atoms with van der Waals surface area (Å²) < 4.78 is 33.0. The van der Waals surface area contributed by atoms with Crippen LogP contribution < -0.4 is 10.1 Å². The van der Waals surface area contributed by atoms with Crippen LogP contribution in [0.25, 0.3) is 0 Å². The van der Waals surface area contributed by atoms with E-state index < -0.39 is 17.7 Å². The van der Waals surface area contributed by atoms with Gasteiger partial charge in [0.1, 0.15) is 17.4 Å². The fourth-order valence-electron chi connectivity index (χ4n) is 2.29. The first-order valence-corrected chi connectivity index (χ1v) is 6.97. The van der Waals surface area contributed by atoms with Gasteiger partial charge in [-0.1, -0.05) is 24.6 Å². The van der Waals surface area contributed by atoms with Crippen LogP contribution in [0.5, 0.6) is 5.75 Å². The lowest BCUT2D eigenvalue weighted by atomic mass is 9.97. The minimum Gasteiger partial charge on any atom is -0.496 e. The molecule has 0 saturated carbocycles. The van der Waals surface area contributed by atoms with Gasteiger partial charge >= 0.3 is 0 Å². The van der Waals surface area contributed by atoms with Crippen LogP contribution in [0.4, 0.5) is 8.78 Å². The van der Waals surface area contributed by atoms with Crippen LogP contribution in [0.2, 0.25) is 5.02 Å². The Kier molecular flexibility index (Phi) is 5.15. The Bertz CT molecular complexity index is 613. The average Bonchev–Trinajstić information content (AvgIpc) is 2.46. The molecule has 0 aliphatic rings. The maximum absolute atomic E-state index is 14.2. The van der Waals surface area contributed by atoms with Gasteiger partial charge in [0.25, 0.3) is 0 Å². The first-order chi connectivity index (χ1) is 10.1. The molecular formula is C16H16ClF2NO. The highest BCUT2D eigenvalue weighted by molar-refractivity contribution is 6.31. The maximum Gasteiger partial charge on any atom is 0.129 e. The Morgan fingerprint density at radius 2 is 2.00 bits per heavy atom. The van der Waals surface area contributed by atoms with Gasteiger partial charge in [-0.05, 0) is 36.9 Å². The lowest BCUT2D eigenvalue weighted by Gasteiger charge is -2.22. The minimum atomic E-state index is -0.589. The zero-order chi connectivity index (χ0) is 15.4. The number of benzene rings is 2. The summed E-state index contributed by atoms with van der Waals surface area (Å²) in [7, 11) is 1.49. The number of hydrogen-bond acceptors (Lipinski definition) is 2. The third-order valence-corrected chi connectivity index (χ3v) is 3.53. The van der Waals surface area contributed by atoms with E-state index in [2.05, 4.69) is 5.32 Å². The monoisotopic (exact) mass is 311 g/mol. The van der Waals surface area contributed by atoms with Gasteiger partial charge in [0.2, 0.25) is 0 Å². The van der Waals surface area contributed by atoms with Crippen LogP contribution in [-0.4, -0.2) is 13.7 Å². The summed E-state index contributed by atoms with van der Waals surface area (Å²) in [5.41, 5.74) is 0.788. The predicted molar refractivity (Wildman–Crippen MR) is 79.9 cm³/mol. The SMILES string of the molecule is CCNC(c1cc(F)ccc1OC)c1c(F)cccc1Cl. The largest absolute Gasteiger partial charge is 0.496 e. The van der Waals surface area contributed by atoms with Crippen LogP contribution in [0.1, 0.15) is 24.1 Å². The number of rotatable bonds is 5. The summed E-state index contributed by atoms with van der Waals surface area (Å²) in [6.45, 7) is 2.45. The molecule has 21 heavy (non-hydrogen) atoms. The third-order valence-electron chi connectivity index (χ3n) is 3.20. The zero-order valence-electron chi connectivity index (χ0n) is 11.8. The van der Waals surface area contributed by atoms with E-state index >= 15 is 0 Å². The molecule has 2 rings (SSSR count). The smallest absolute Gasteiger partial charge is 0.129 e. The Morgan fingerprint density at radius 1 is 1.24 bits per heavy atom. The molecule has 2 aromatic carbocycles. The van der Waals surface area contributed by atoms with Crippen molar-refractivity contribution in [2.75, 3.05) is 13.7 Å². The normalized spacial score (nSPS) is 12.2. The molecule has 2 aromatic rings. The molecule has 0 aliphatic heterocycles. The molecule has 0 bridgehead atoms. The second-order valence-corrected chi connectivity index (χ2v) is 4.92. The van der Waals surface area contributed by atoms with Crippen molar-refractivity contribution in [1.29, 1.82) is 0 Å². The minimum absolute atomic E-state index is 0.282. The van der Waals surface area contributed by atoms with Gasteiger partial charge in [0, 0.05) is 16.1 Å². The van der Waals surface area contributed by atoms with Gasteiger partial charge in [-0.2, -0.15) is 0 Å². The zero-order valence-corrected chi connectivity index (χ0v) is 12.5. The van der Waals surface area contributed by atoms with E-state index in [0.717, 1.165) is 0 Å². The second-order valence-electron chi connectivity index (χ2n) is 4.51. The van der Waals surface area contributed by atoms with Crippen molar-refractivity contribution >= 4 is 11.6 Å². The quantitative estimate of drug-likeness (QED) is 0.887. The molecule has 2 nitrogen and oxygen atoms in total. The van der Waals surface area contributed by atoms with Crippen LogP contribution in [0.3, 0.4) is 0 Å². The number of methoxy groups -OCH3 is 1. The van der Waals surface area contributed by atoms with Gasteiger partial charge in [-0.25, -0.2) is 8.78 Å². The fourth-order valence-corrected chi connectivity index (χ4v) is 2.56. The number of nitrogens with one attached hydrogen (secondary N) is 1. The summed E-state index contributed by atoms with van der Waals surface area (Å²) in [6.07, 6.45) is 0. The Morgan fingerprint density at radius 3 is 2.62 bits per heavy atom. The molecule has 1 atom stereocenters. The first kappa shape index (κ1) is 15.7. The molecular weight excluding hydrogens is 296 g/mol. The molecule has 0 aromatic heterocycles. The van der Waals surface area contributed by atoms with Crippen molar-refractivity contribution in [3.8, 4) is 5.75 Å². The van der Waals surface area contributed by atoms with Crippen molar-refractivity contribution in [1.82, 2.24) is 5.32 Å². The van der Waals surface area contributed by atoms with Gasteiger partial charge < -0.3 is 10.1 Å². The molecule has 5 heteroatoms. The molecule has 0 aliphatic carbocycles. The Balaban J connectivity index is 2.61. The molecule has 0 amide bonds. The van der Waals surface area contributed by atoms with E-state index in [1.807, 2.05) is 6.92 Å². The first-order valence-electron chi connectivity index (χ1n) is 6.59. The van der Waals surface area contributed by atoms with Crippen molar-refractivity contribution in [2.24, 2.45) is 0 Å². The summed E-state index contributed by atoms with van der Waals surface area (Å²) in [4.78, 5) is 0. The number of ether oxygens (including phenoxy) is 1. The lowest BCUT2D eigenvalue weighted by Crippen LogP contribution is -2.24. The van der Waals surface area contributed by atoms with Gasteiger partial charge in [-0.15, -0.1) is 0 Å². The van der Waals surface area contributed by atoms with E-state index in [1.54, 1.807) is 6.07 Å². The number of halogens is 3. The number of hydrogen-bond donors (Lipinski definition) is 1. The highest BCUT2D eigenvalue weighted by Gasteiger charge is 2.23. The summed E-state index contributed by atoms with van der Waals surface area (Å²) in [5, 5.41) is 3.41. The molecule has 112 valence electrons. The molecule has 0 fully saturated rings. The molecule has 0 saturated heterocycles. The maximum atomic E-state index is 14.2. The summed E-state index contributed by atoms with van der Waals surface area (Å²) >= 11 is 6.13. The fraction of sp³-hybridized carbons (Fsp3) is 0.250. The van der Waals surface area contributed by atoms with Crippen molar-refractivity contribution in [2.45, 2.75) is 13.0 Å². The van der Waals surface area contributed by atoms with Gasteiger partial charge in [-0.3, -0.25) is 0 Å². The molecule has 0 heterocycles. The van der Waals surface area contributed by atoms with Crippen LogP contribution >= 0.6 is 11.6 Å². The van der Waals surface area contributed by atoms with E-state index in [-0.39, 0.29) is 10.6 Å². The van der Waals surface area contributed by atoms with Crippen molar-refractivity contribution in [3.63, 3.8) is 0 Å². The standard InChI is InChI=1S/C16H16ClF2NO/c1-3-20-16(15-12(17)5-4-6-13(15)19)11-9-10(18)7-8-14(11)21-2/h4-9,16,20H,3H2,1-2H3. The van der Waals surface area contributed by atoms with E-state index in [1.165, 1.54) is 37.4 Å². The van der Waals surface area contributed by atoms with E-state index in [0.29, 0.717) is 17.9 Å². The average molecular weight is 312 g/mol. The highest BCUT2D eigenvalue weighted by atomic mass is 35.5. The molecule has 1 N–H and O–H groups in total. The van der Waals surface area contributed by atoms with Crippen LogP contribution in [0, 0.1) is 11.6 Å². The molecule has 1 unspecified atom stereocenters. The van der Waals surface area contributed by atoms with Crippen LogP contribution in [0.15, 0.2) is 36.4 Å². The topological polar surface area (TPSA) is 21.3 Å². The van der Waals surface area contributed by atoms with E-state index in [4.69, 9.17) is 16.3 Å². The predicted octanol–water partition coefficient (Wildman–Crippen LogP) is 4.33. The van der Waals surface area contributed by atoms with Crippen molar-refractivity contribution < 1.29 is 13.5 Å². The highest BCUT2D eigenvalue weighted by Crippen LogP contribution is 2.35. The summed E-state index contributed by atoms with van der Waals surface area (Å²) in [5.74, 6) is -0.386. The Hall–Kier alpha value is -1.65. The van der Waals surface area contributed by atoms with Gasteiger partial charge in [0.15, 0.2) is 0 Å². The lowest BCUT2D eigenvalue weighted by molar-refractivity contribution is 0.401. The van der Waals surface area contributed by atoms with Gasteiger partial charge in [0.05, 0.1) is 13.2 Å².